The number of anilines is 1. The van der Waals surface area contributed by atoms with Crippen LogP contribution in [0.5, 0.6) is 0 Å². The highest BCUT2D eigenvalue weighted by molar-refractivity contribution is 6.02. The summed E-state index contributed by atoms with van der Waals surface area (Å²) in [6, 6.07) is 21.0. The monoisotopic (exact) mass is 355 g/mol. The molecule has 0 aliphatic rings. The van der Waals surface area contributed by atoms with Gasteiger partial charge in [-0.3, -0.25) is 4.79 Å². The average Bonchev–Trinajstić information content (AvgIpc) is 3.08. The van der Waals surface area contributed by atoms with Crippen LogP contribution in [0.15, 0.2) is 72.8 Å². The maximum absolute atomic E-state index is 12.1. The Morgan fingerprint density at radius 3 is 2.52 bits per heavy atom. The Morgan fingerprint density at radius 2 is 1.74 bits per heavy atom. The second kappa shape index (κ2) is 7.21. The number of nitrogens with zero attached hydrogens (tertiary/aromatic N) is 4. The largest absolute Gasteiger partial charge is 0.323 e. The minimum absolute atomic E-state index is 0.175. The van der Waals surface area contributed by atoms with E-state index in [0.29, 0.717) is 5.65 Å². The lowest BCUT2D eigenvalue weighted by molar-refractivity contribution is -0.111. The van der Waals surface area contributed by atoms with Gasteiger partial charge in [-0.15, -0.1) is 10.2 Å². The number of hydrogen-bond donors (Lipinski definition) is 1. The molecule has 2 aromatic heterocycles. The third-order valence-corrected chi connectivity index (χ3v) is 4.09. The molecule has 1 N–H and O–H groups in total. The number of aryl methyl sites for hydroxylation is 1. The zero-order valence-corrected chi connectivity index (χ0v) is 14.7. The van der Waals surface area contributed by atoms with E-state index in [4.69, 9.17) is 0 Å². The van der Waals surface area contributed by atoms with Crippen LogP contribution in [0.2, 0.25) is 0 Å². The molecule has 0 aliphatic carbocycles. The van der Waals surface area contributed by atoms with Crippen molar-refractivity contribution in [2.24, 2.45) is 0 Å². The summed E-state index contributed by atoms with van der Waals surface area (Å²) in [6.45, 7) is 1.86. The number of carbonyl (C=O) groups excluding carboxylic acids is 1. The Labute approximate surface area is 156 Å². The summed E-state index contributed by atoms with van der Waals surface area (Å²) in [7, 11) is 0. The maximum Gasteiger partial charge on any atom is 0.248 e. The minimum atomic E-state index is -0.175. The molecule has 0 saturated heterocycles. The molecule has 0 spiro atoms. The third-order valence-electron chi connectivity index (χ3n) is 4.09. The van der Waals surface area contributed by atoms with E-state index in [-0.39, 0.29) is 5.91 Å². The Hall–Kier alpha value is -3.80. The van der Waals surface area contributed by atoms with Crippen molar-refractivity contribution in [3.63, 3.8) is 0 Å². The summed E-state index contributed by atoms with van der Waals surface area (Å²) >= 11 is 0. The van der Waals surface area contributed by atoms with E-state index in [1.165, 1.54) is 6.08 Å². The number of amides is 1. The second-order valence-corrected chi connectivity index (χ2v) is 6.05. The molecule has 6 nitrogen and oxygen atoms in total. The van der Waals surface area contributed by atoms with E-state index in [1.54, 1.807) is 10.6 Å². The first-order valence-electron chi connectivity index (χ1n) is 8.53. The molecule has 132 valence electrons. The third kappa shape index (κ3) is 3.74. The summed E-state index contributed by atoms with van der Waals surface area (Å²) in [5.74, 6) is 0.562. The van der Waals surface area contributed by atoms with Crippen LogP contribution in [-0.2, 0) is 4.79 Å². The summed E-state index contributed by atoms with van der Waals surface area (Å²) < 4.78 is 1.71. The molecule has 0 aliphatic heterocycles. The van der Waals surface area contributed by atoms with Gasteiger partial charge in [0.05, 0.1) is 5.69 Å². The minimum Gasteiger partial charge on any atom is -0.323 e. The van der Waals surface area contributed by atoms with Gasteiger partial charge in [0, 0.05) is 17.3 Å². The molecular formula is C21H17N5O. The molecule has 4 aromatic rings. The number of fused-ring (bicyclic) bond motifs is 1. The number of nitrogens with one attached hydrogen (secondary N) is 1. The molecule has 6 heteroatoms. The lowest BCUT2D eigenvalue weighted by Crippen LogP contribution is -2.07. The molecule has 4 rings (SSSR count). The molecule has 0 bridgehead atoms. The molecule has 0 atom stereocenters. The molecule has 27 heavy (non-hydrogen) atoms. The van der Waals surface area contributed by atoms with Gasteiger partial charge in [-0.25, -0.2) is 0 Å². The first kappa shape index (κ1) is 16.7. The molecule has 0 radical (unpaired) electrons. The van der Waals surface area contributed by atoms with Gasteiger partial charge in [-0.05, 0) is 42.8 Å². The predicted molar refractivity (Wildman–Crippen MR) is 105 cm³/mol. The summed E-state index contributed by atoms with van der Waals surface area (Å²) in [4.78, 5) is 12.1. The van der Waals surface area contributed by atoms with Crippen LogP contribution in [0, 0.1) is 6.92 Å². The Balaban J connectivity index is 1.47. The lowest BCUT2D eigenvalue weighted by Gasteiger charge is -2.05. The van der Waals surface area contributed by atoms with Crippen LogP contribution in [0.3, 0.4) is 0 Å². The van der Waals surface area contributed by atoms with Crippen LogP contribution < -0.4 is 5.32 Å². The van der Waals surface area contributed by atoms with Gasteiger partial charge >= 0.3 is 0 Å². The van der Waals surface area contributed by atoms with Gasteiger partial charge in [0.25, 0.3) is 0 Å². The standard InChI is InChI=1S/C21H17N5O/c1-15-23-24-20-13-12-19(25-26(15)20)17-8-10-18(11-9-17)22-21(27)14-7-16-5-3-2-4-6-16/h2-14H,1H3,(H,22,27)/b14-7+. The zero-order chi connectivity index (χ0) is 18.6. The van der Waals surface area contributed by atoms with Gasteiger partial charge in [0.2, 0.25) is 5.91 Å². The van der Waals surface area contributed by atoms with Crippen molar-refractivity contribution in [1.29, 1.82) is 0 Å². The van der Waals surface area contributed by atoms with Crippen molar-refractivity contribution in [2.75, 3.05) is 5.32 Å². The Kier molecular flexibility index (Phi) is 4.45. The SMILES string of the molecule is Cc1nnc2ccc(-c3ccc(NC(=O)/C=C/c4ccccc4)cc3)nn12. The highest BCUT2D eigenvalue weighted by atomic mass is 16.1. The van der Waals surface area contributed by atoms with Crippen LogP contribution >= 0.6 is 0 Å². The van der Waals surface area contributed by atoms with Crippen molar-refractivity contribution in [3.05, 3.63) is 84.2 Å². The molecule has 2 heterocycles. The van der Waals surface area contributed by atoms with Crippen LogP contribution in [0.25, 0.3) is 23.0 Å². The van der Waals surface area contributed by atoms with Crippen molar-refractivity contribution in [1.82, 2.24) is 19.8 Å². The van der Waals surface area contributed by atoms with Gasteiger partial charge in [0.15, 0.2) is 11.5 Å². The topological polar surface area (TPSA) is 72.2 Å². The number of aromatic nitrogens is 4. The van der Waals surface area contributed by atoms with E-state index >= 15 is 0 Å². The fraction of sp³-hybridized carbons (Fsp3) is 0.0476. The van der Waals surface area contributed by atoms with Crippen LogP contribution in [-0.4, -0.2) is 25.7 Å². The average molecular weight is 355 g/mol. The van der Waals surface area contributed by atoms with Gasteiger partial charge in [-0.1, -0.05) is 42.5 Å². The van der Waals surface area contributed by atoms with E-state index in [9.17, 15) is 4.79 Å². The van der Waals surface area contributed by atoms with Crippen molar-refractivity contribution >= 4 is 23.3 Å². The lowest BCUT2D eigenvalue weighted by atomic mass is 10.1. The van der Waals surface area contributed by atoms with E-state index in [2.05, 4.69) is 20.6 Å². The number of rotatable bonds is 4. The second-order valence-electron chi connectivity index (χ2n) is 6.05. The Bertz CT molecular complexity index is 1110. The number of hydrogen-bond acceptors (Lipinski definition) is 4. The highest BCUT2D eigenvalue weighted by Gasteiger charge is 2.06. The van der Waals surface area contributed by atoms with Gasteiger partial charge in [-0.2, -0.15) is 9.61 Å². The predicted octanol–water partition coefficient (Wildman–Crippen LogP) is 3.75. The molecule has 0 fully saturated rings. The van der Waals surface area contributed by atoms with E-state index in [1.807, 2.05) is 73.7 Å². The quantitative estimate of drug-likeness (QED) is 0.566. The van der Waals surface area contributed by atoms with Crippen molar-refractivity contribution < 1.29 is 4.79 Å². The fourth-order valence-electron chi connectivity index (χ4n) is 2.69. The highest BCUT2D eigenvalue weighted by Crippen LogP contribution is 2.20. The van der Waals surface area contributed by atoms with Crippen molar-refractivity contribution in [2.45, 2.75) is 6.92 Å². The van der Waals surface area contributed by atoms with Gasteiger partial charge in [0.1, 0.15) is 0 Å². The first-order chi connectivity index (χ1) is 13.2. The first-order valence-corrected chi connectivity index (χ1v) is 8.53. The fourth-order valence-corrected chi connectivity index (χ4v) is 2.69. The van der Waals surface area contributed by atoms with Crippen LogP contribution in [0.1, 0.15) is 11.4 Å². The van der Waals surface area contributed by atoms with E-state index < -0.39 is 0 Å². The summed E-state index contributed by atoms with van der Waals surface area (Å²) in [5.41, 5.74) is 4.18. The molecule has 2 aromatic carbocycles. The summed E-state index contributed by atoms with van der Waals surface area (Å²) in [5, 5.41) is 15.5. The summed E-state index contributed by atoms with van der Waals surface area (Å²) in [6.07, 6.45) is 3.30. The number of benzene rings is 2. The van der Waals surface area contributed by atoms with E-state index in [0.717, 1.165) is 28.3 Å². The van der Waals surface area contributed by atoms with Crippen molar-refractivity contribution in [3.8, 4) is 11.3 Å². The molecule has 1 amide bonds. The number of carbonyl (C=O) groups is 1. The molecule has 0 unspecified atom stereocenters. The maximum atomic E-state index is 12.1. The Morgan fingerprint density at radius 1 is 0.963 bits per heavy atom. The van der Waals surface area contributed by atoms with Gasteiger partial charge < -0.3 is 5.32 Å². The smallest absolute Gasteiger partial charge is 0.248 e. The molecular weight excluding hydrogens is 338 g/mol. The zero-order valence-electron chi connectivity index (χ0n) is 14.7. The normalized spacial score (nSPS) is 11.1. The van der Waals surface area contributed by atoms with Crippen LogP contribution in [0.4, 0.5) is 5.69 Å². The molecule has 0 saturated carbocycles.